The number of amides is 1. The van der Waals surface area contributed by atoms with Crippen molar-refractivity contribution in [2.24, 2.45) is 0 Å². The predicted molar refractivity (Wildman–Crippen MR) is 87.5 cm³/mol. The molecule has 1 aliphatic carbocycles. The molecule has 1 aliphatic rings. The lowest BCUT2D eigenvalue weighted by Crippen LogP contribution is -2.23. The Hall–Kier alpha value is -2.97. The fourth-order valence-electron chi connectivity index (χ4n) is 2.77. The number of alkyl halides is 3. The molecule has 0 saturated heterocycles. The molecule has 3 aromatic rings. The van der Waals surface area contributed by atoms with E-state index in [1.54, 1.807) is 0 Å². The summed E-state index contributed by atoms with van der Waals surface area (Å²) in [5.41, 5.74) is -0.111. The third-order valence-corrected chi connectivity index (χ3v) is 4.33. The molecule has 0 aliphatic heterocycles. The van der Waals surface area contributed by atoms with Crippen molar-refractivity contribution in [3.05, 3.63) is 64.9 Å². The van der Waals surface area contributed by atoms with Crippen molar-refractivity contribution in [3.8, 4) is 0 Å². The molecule has 2 aromatic heterocycles. The molecule has 1 amide bonds. The van der Waals surface area contributed by atoms with Gasteiger partial charge < -0.3 is 5.32 Å². The normalized spacial score (nSPS) is 14.5. The van der Waals surface area contributed by atoms with E-state index in [2.05, 4.69) is 15.4 Å². The van der Waals surface area contributed by atoms with Crippen LogP contribution in [0.15, 0.2) is 36.4 Å². The fraction of sp³-hybridized carbons (Fsp3) is 0.278. The van der Waals surface area contributed by atoms with Gasteiger partial charge in [0, 0.05) is 24.2 Å². The Kier molecular flexibility index (Phi) is 4.09. The predicted octanol–water partition coefficient (Wildman–Crippen LogP) is 3.69. The molecule has 0 bridgehead atoms. The molecule has 0 atom stereocenters. The number of carbonyl (C=O) groups is 1. The van der Waals surface area contributed by atoms with Gasteiger partial charge in [-0.15, -0.1) is 0 Å². The summed E-state index contributed by atoms with van der Waals surface area (Å²) in [5, 5.41) is 6.35. The Bertz CT molecular complexity index is 1010. The van der Waals surface area contributed by atoms with Crippen LogP contribution < -0.4 is 5.32 Å². The van der Waals surface area contributed by atoms with Gasteiger partial charge in [-0.25, -0.2) is 13.9 Å². The molecule has 0 radical (unpaired) electrons. The summed E-state index contributed by atoms with van der Waals surface area (Å²) in [7, 11) is 0. The zero-order valence-corrected chi connectivity index (χ0v) is 13.9. The van der Waals surface area contributed by atoms with Crippen LogP contribution >= 0.6 is 0 Å². The summed E-state index contributed by atoms with van der Waals surface area (Å²) in [6.07, 6.45) is -3.00. The average molecular weight is 378 g/mol. The minimum absolute atomic E-state index is 0.0151. The summed E-state index contributed by atoms with van der Waals surface area (Å²) in [5.74, 6) is -1.00. The second-order valence-corrected chi connectivity index (χ2v) is 6.45. The van der Waals surface area contributed by atoms with Gasteiger partial charge >= 0.3 is 6.18 Å². The number of nitrogens with zero attached hydrogens (tertiary/aromatic N) is 3. The van der Waals surface area contributed by atoms with E-state index in [9.17, 15) is 22.4 Å². The van der Waals surface area contributed by atoms with Crippen LogP contribution in [0.5, 0.6) is 0 Å². The number of halogens is 4. The van der Waals surface area contributed by atoms with Gasteiger partial charge in [-0.1, -0.05) is 12.1 Å². The summed E-state index contributed by atoms with van der Waals surface area (Å²) in [6, 6.07) is 7.75. The molecule has 1 aromatic carbocycles. The Balaban J connectivity index is 1.62. The fourth-order valence-corrected chi connectivity index (χ4v) is 2.77. The minimum atomic E-state index is -4.61. The molecule has 1 saturated carbocycles. The molecule has 4 rings (SSSR count). The Morgan fingerprint density at radius 3 is 2.52 bits per heavy atom. The summed E-state index contributed by atoms with van der Waals surface area (Å²) < 4.78 is 53.7. The van der Waals surface area contributed by atoms with Crippen molar-refractivity contribution in [1.29, 1.82) is 0 Å². The maximum atomic E-state index is 13.4. The van der Waals surface area contributed by atoms with E-state index >= 15 is 0 Å². The van der Waals surface area contributed by atoms with Crippen molar-refractivity contribution >= 4 is 11.6 Å². The van der Waals surface area contributed by atoms with Crippen LogP contribution in [-0.2, 0) is 12.7 Å². The van der Waals surface area contributed by atoms with Gasteiger partial charge in [0.05, 0.1) is 0 Å². The molecule has 9 heteroatoms. The van der Waals surface area contributed by atoms with Gasteiger partial charge in [0.1, 0.15) is 11.5 Å². The van der Waals surface area contributed by atoms with Gasteiger partial charge in [-0.05, 0) is 36.6 Å². The average Bonchev–Trinajstić information content (AvgIpc) is 3.38. The number of fused-ring (bicyclic) bond motifs is 1. The SMILES string of the molecule is O=C(NCc1ccc(F)cc1)c1cc2nc(C3CC3)cc(C(F)(F)F)n2n1. The monoisotopic (exact) mass is 378 g/mol. The van der Waals surface area contributed by atoms with Crippen molar-refractivity contribution in [2.45, 2.75) is 31.5 Å². The first kappa shape index (κ1) is 17.4. The zero-order valence-electron chi connectivity index (χ0n) is 13.9. The lowest BCUT2D eigenvalue weighted by atomic mass is 10.2. The molecule has 1 fully saturated rings. The van der Waals surface area contributed by atoms with Gasteiger partial charge in [0.25, 0.3) is 5.91 Å². The van der Waals surface area contributed by atoms with Crippen LogP contribution in [0.25, 0.3) is 5.65 Å². The Morgan fingerprint density at radius 1 is 1.19 bits per heavy atom. The number of aromatic nitrogens is 3. The molecule has 5 nitrogen and oxygen atoms in total. The molecule has 2 heterocycles. The number of nitrogens with one attached hydrogen (secondary N) is 1. The molecule has 27 heavy (non-hydrogen) atoms. The van der Waals surface area contributed by atoms with E-state index in [4.69, 9.17) is 0 Å². The Labute approximate surface area is 151 Å². The zero-order chi connectivity index (χ0) is 19.2. The molecule has 0 unspecified atom stereocenters. The smallest absolute Gasteiger partial charge is 0.347 e. The van der Waals surface area contributed by atoms with Gasteiger partial charge in [-0.3, -0.25) is 4.79 Å². The standard InChI is InChI=1S/C18H14F4N4O/c19-12-5-1-10(2-6-12)9-23-17(27)14-8-16-24-13(11-3-4-11)7-15(18(20,21)22)26(16)25-14/h1-2,5-8,11H,3-4,9H2,(H,23,27). The quantitative estimate of drug-likeness (QED) is 0.705. The van der Waals surface area contributed by atoms with Crippen molar-refractivity contribution < 1.29 is 22.4 Å². The highest BCUT2D eigenvalue weighted by Gasteiger charge is 2.37. The van der Waals surface area contributed by atoms with E-state index in [-0.39, 0.29) is 23.8 Å². The van der Waals surface area contributed by atoms with E-state index < -0.39 is 23.6 Å². The highest BCUT2D eigenvalue weighted by Crippen LogP contribution is 2.41. The number of hydrogen-bond donors (Lipinski definition) is 1. The van der Waals surface area contributed by atoms with E-state index in [1.165, 1.54) is 30.3 Å². The van der Waals surface area contributed by atoms with Crippen molar-refractivity contribution in [1.82, 2.24) is 19.9 Å². The van der Waals surface area contributed by atoms with E-state index in [0.29, 0.717) is 15.8 Å². The second-order valence-electron chi connectivity index (χ2n) is 6.45. The largest absolute Gasteiger partial charge is 0.433 e. The molecule has 140 valence electrons. The van der Waals surface area contributed by atoms with Crippen LogP contribution in [0.2, 0.25) is 0 Å². The summed E-state index contributed by atoms with van der Waals surface area (Å²) in [6.45, 7) is 0.0971. The topological polar surface area (TPSA) is 59.3 Å². The third kappa shape index (κ3) is 3.62. The Morgan fingerprint density at radius 2 is 1.89 bits per heavy atom. The maximum Gasteiger partial charge on any atom is 0.433 e. The molecule has 1 N–H and O–H groups in total. The second kappa shape index (κ2) is 6.33. The minimum Gasteiger partial charge on any atom is -0.347 e. The van der Waals surface area contributed by atoms with Crippen molar-refractivity contribution in [2.75, 3.05) is 0 Å². The first-order chi connectivity index (χ1) is 12.8. The van der Waals surface area contributed by atoms with Gasteiger partial charge in [0.2, 0.25) is 0 Å². The van der Waals surface area contributed by atoms with Crippen molar-refractivity contribution in [3.63, 3.8) is 0 Å². The van der Waals surface area contributed by atoms with Crippen LogP contribution in [0.1, 0.15) is 46.2 Å². The molecular formula is C18H14F4N4O. The first-order valence-electron chi connectivity index (χ1n) is 8.32. The number of hydrogen-bond acceptors (Lipinski definition) is 3. The molecular weight excluding hydrogens is 364 g/mol. The van der Waals surface area contributed by atoms with Gasteiger partial charge in [-0.2, -0.15) is 18.3 Å². The first-order valence-corrected chi connectivity index (χ1v) is 8.32. The van der Waals surface area contributed by atoms with E-state index in [1.807, 2.05) is 0 Å². The number of carbonyl (C=O) groups excluding carboxylic acids is 1. The van der Waals surface area contributed by atoms with Crippen LogP contribution in [0.3, 0.4) is 0 Å². The summed E-state index contributed by atoms with van der Waals surface area (Å²) in [4.78, 5) is 16.5. The maximum absolute atomic E-state index is 13.4. The third-order valence-electron chi connectivity index (χ3n) is 4.33. The summed E-state index contributed by atoms with van der Waals surface area (Å²) >= 11 is 0. The lowest BCUT2D eigenvalue weighted by molar-refractivity contribution is -0.142. The van der Waals surface area contributed by atoms with Crippen LogP contribution in [-0.4, -0.2) is 20.5 Å². The van der Waals surface area contributed by atoms with Crippen LogP contribution in [0.4, 0.5) is 17.6 Å². The highest BCUT2D eigenvalue weighted by atomic mass is 19.4. The van der Waals surface area contributed by atoms with Crippen LogP contribution in [0, 0.1) is 5.82 Å². The number of rotatable bonds is 4. The van der Waals surface area contributed by atoms with Gasteiger partial charge in [0.15, 0.2) is 11.3 Å². The highest BCUT2D eigenvalue weighted by molar-refractivity contribution is 5.93. The lowest BCUT2D eigenvalue weighted by Gasteiger charge is -2.10. The van der Waals surface area contributed by atoms with E-state index in [0.717, 1.165) is 18.9 Å². The number of benzene rings is 1. The molecule has 0 spiro atoms.